The average Bonchev–Trinajstić information content (AvgIpc) is 2.82. The van der Waals surface area contributed by atoms with Crippen molar-refractivity contribution in [3.63, 3.8) is 0 Å². The van der Waals surface area contributed by atoms with E-state index in [4.69, 9.17) is 5.11 Å². The summed E-state index contributed by atoms with van der Waals surface area (Å²) in [5.41, 5.74) is 0. The Kier molecular flexibility index (Phi) is 6.41. The van der Waals surface area contributed by atoms with Gasteiger partial charge in [0.25, 0.3) is 0 Å². The van der Waals surface area contributed by atoms with Gasteiger partial charge in [0.1, 0.15) is 6.04 Å². The number of carbonyl (C=O) groups excluding carboxylic acids is 2. The lowest BCUT2D eigenvalue weighted by molar-refractivity contribution is -0.147. The zero-order valence-corrected chi connectivity index (χ0v) is 12.7. The summed E-state index contributed by atoms with van der Waals surface area (Å²) in [5.74, 6) is -1.94. The molecule has 1 fully saturated rings. The quantitative estimate of drug-likeness (QED) is 0.656. The Morgan fingerprint density at radius 2 is 2.14 bits per heavy atom. The zero-order valence-electron chi connectivity index (χ0n) is 12.7. The Bertz CT molecular complexity index is 401. The van der Waals surface area contributed by atoms with E-state index < -0.39 is 30.4 Å². The summed E-state index contributed by atoms with van der Waals surface area (Å²) in [6.45, 7) is 1.52. The minimum Gasteiger partial charge on any atom is -0.480 e. The van der Waals surface area contributed by atoms with Crippen molar-refractivity contribution >= 4 is 18.0 Å². The number of methoxy groups -OCH3 is 1. The Balaban J connectivity index is 2.51. The maximum absolute atomic E-state index is 12.0. The SMILES string of the molecule is COC(=O)C[C@H](NC(=O)N(C)CC1CCCN1C)C(=O)O. The van der Waals surface area contributed by atoms with Gasteiger partial charge in [-0.15, -0.1) is 0 Å². The molecule has 0 aromatic rings. The van der Waals surface area contributed by atoms with Gasteiger partial charge in [0.05, 0.1) is 13.5 Å². The Labute approximate surface area is 124 Å². The number of ether oxygens (including phenoxy) is 1. The molecule has 1 aliphatic rings. The average molecular weight is 301 g/mol. The van der Waals surface area contributed by atoms with Crippen LogP contribution in [0.1, 0.15) is 19.3 Å². The normalized spacial score (nSPS) is 19.9. The third-order valence-electron chi connectivity index (χ3n) is 3.70. The third kappa shape index (κ3) is 5.22. The lowest BCUT2D eigenvalue weighted by Gasteiger charge is -2.27. The zero-order chi connectivity index (χ0) is 16.0. The third-order valence-corrected chi connectivity index (χ3v) is 3.70. The Morgan fingerprint density at radius 3 is 2.62 bits per heavy atom. The number of aliphatic carboxylic acids is 1. The summed E-state index contributed by atoms with van der Waals surface area (Å²) in [7, 11) is 4.78. The first-order valence-corrected chi connectivity index (χ1v) is 6.86. The summed E-state index contributed by atoms with van der Waals surface area (Å²) >= 11 is 0. The molecule has 1 aliphatic heterocycles. The van der Waals surface area contributed by atoms with Gasteiger partial charge < -0.3 is 25.0 Å². The van der Waals surface area contributed by atoms with Crippen molar-refractivity contribution in [1.29, 1.82) is 0 Å². The molecule has 2 atom stereocenters. The van der Waals surface area contributed by atoms with Crippen molar-refractivity contribution in [2.24, 2.45) is 0 Å². The van der Waals surface area contributed by atoms with Crippen LogP contribution in [-0.2, 0) is 14.3 Å². The molecule has 21 heavy (non-hydrogen) atoms. The largest absolute Gasteiger partial charge is 0.480 e. The second kappa shape index (κ2) is 7.82. The molecule has 1 heterocycles. The smallest absolute Gasteiger partial charge is 0.326 e. The fraction of sp³-hybridized carbons (Fsp3) is 0.769. The van der Waals surface area contributed by atoms with E-state index in [1.54, 1.807) is 7.05 Å². The van der Waals surface area contributed by atoms with Crippen molar-refractivity contribution in [1.82, 2.24) is 15.1 Å². The van der Waals surface area contributed by atoms with Crippen LogP contribution in [-0.4, -0.2) is 79.3 Å². The maximum atomic E-state index is 12.0. The van der Waals surface area contributed by atoms with Gasteiger partial charge in [-0.05, 0) is 26.4 Å². The van der Waals surface area contributed by atoms with Gasteiger partial charge >= 0.3 is 18.0 Å². The number of carboxylic acids is 1. The van der Waals surface area contributed by atoms with Gasteiger partial charge in [0.2, 0.25) is 0 Å². The Morgan fingerprint density at radius 1 is 1.48 bits per heavy atom. The molecule has 0 aromatic carbocycles. The van der Waals surface area contributed by atoms with E-state index in [-0.39, 0.29) is 6.04 Å². The number of carbonyl (C=O) groups is 3. The molecule has 0 spiro atoms. The van der Waals surface area contributed by atoms with Gasteiger partial charge in [0.15, 0.2) is 0 Å². The highest BCUT2D eigenvalue weighted by Gasteiger charge is 2.27. The first kappa shape index (κ1) is 17.2. The fourth-order valence-corrected chi connectivity index (χ4v) is 2.32. The van der Waals surface area contributed by atoms with Crippen molar-refractivity contribution in [3.8, 4) is 0 Å². The van der Waals surface area contributed by atoms with E-state index in [2.05, 4.69) is 15.0 Å². The molecule has 8 heteroatoms. The summed E-state index contributed by atoms with van der Waals surface area (Å²) in [6, 6.07) is -1.51. The molecule has 1 rings (SSSR count). The summed E-state index contributed by atoms with van der Waals surface area (Å²) in [5, 5.41) is 11.4. The molecule has 0 saturated carbocycles. The van der Waals surface area contributed by atoms with E-state index in [1.807, 2.05) is 7.05 Å². The molecule has 0 aromatic heterocycles. The van der Waals surface area contributed by atoms with Gasteiger partial charge in [-0.25, -0.2) is 9.59 Å². The number of nitrogens with zero attached hydrogens (tertiary/aromatic N) is 2. The highest BCUT2D eigenvalue weighted by atomic mass is 16.5. The number of hydrogen-bond acceptors (Lipinski definition) is 5. The topological polar surface area (TPSA) is 99.2 Å². The van der Waals surface area contributed by atoms with E-state index >= 15 is 0 Å². The van der Waals surface area contributed by atoms with Crippen molar-refractivity contribution in [2.75, 3.05) is 34.3 Å². The van der Waals surface area contributed by atoms with E-state index in [0.717, 1.165) is 19.4 Å². The van der Waals surface area contributed by atoms with Crippen LogP contribution in [0.15, 0.2) is 0 Å². The lowest BCUT2D eigenvalue weighted by atomic mass is 10.2. The number of carboxylic acid groups (broad SMARTS) is 1. The van der Waals surface area contributed by atoms with Gasteiger partial charge in [-0.2, -0.15) is 0 Å². The van der Waals surface area contributed by atoms with Crippen molar-refractivity contribution in [2.45, 2.75) is 31.3 Å². The number of amides is 2. The van der Waals surface area contributed by atoms with Gasteiger partial charge in [-0.3, -0.25) is 4.79 Å². The molecular formula is C13H23N3O5. The highest BCUT2D eigenvalue weighted by Crippen LogP contribution is 2.15. The molecule has 0 aliphatic carbocycles. The molecule has 2 amide bonds. The van der Waals surface area contributed by atoms with Crippen LogP contribution in [0.3, 0.4) is 0 Å². The first-order valence-electron chi connectivity index (χ1n) is 6.86. The molecule has 1 saturated heterocycles. The number of esters is 1. The minimum absolute atomic E-state index is 0.282. The van der Waals surface area contributed by atoms with Crippen molar-refractivity contribution in [3.05, 3.63) is 0 Å². The monoisotopic (exact) mass is 301 g/mol. The number of nitrogens with one attached hydrogen (secondary N) is 1. The van der Waals surface area contributed by atoms with Crippen LogP contribution in [0.5, 0.6) is 0 Å². The predicted molar refractivity (Wildman–Crippen MR) is 74.9 cm³/mol. The van der Waals surface area contributed by atoms with Crippen LogP contribution in [0.4, 0.5) is 4.79 Å². The summed E-state index contributed by atoms with van der Waals surface area (Å²) < 4.78 is 4.42. The molecule has 0 radical (unpaired) electrons. The van der Waals surface area contributed by atoms with E-state index in [1.165, 1.54) is 12.0 Å². The summed E-state index contributed by atoms with van der Waals surface area (Å²) in [4.78, 5) is 37.8. The lowest BCUT2D eigenvalue weighted by Crippen LogP contribution is -2.50. The highest BCUT2D eigenvalue weighted by molar-refractivity contribution is 5.86. The Hall–Kier alpha value is -1.83. The van der Waals surface area contributed by atoms with Crippen LogP contribution in [0.2, 0.25) is 0 Å². The van der Waals surface area contributed by atoms with Crippen molar-refractivity contribution < 1.29 is 24.2 Å². The molecule has 0 bridgehead atoms. The minimum atomic E-state index is -1.28. The predicted octanol–water partition coefficient (Wildman–Crippen LogP) is -0.262. The standard InChI is InChI=1S/C13H23N3O5/c1-15-6-4-5-9(15)8-16(2)13(20)14-10(12(18)19)7-11(17)21-3/h9-10H,4-8H2,1-3H3,(H,14,20)(H,18,19)/t9?,10-/m0/s1. The number of urea groups is 1. The number of rotatable bonds is 6. The first-order chi connectivity index (χ1) is 9.85. The molecule has 8 nitrogen and oxygen atoms in total. The van der Waals surface area contributed by atoms with Crippen LogP contribution in [0, 0.1) is 0 Å². The van der Waals surface area contributed by atoms with Crippen LogP contribution in [0.25, 0.3) is 0 Å². The molecule has 1 unspecified atom stereocenters. The van der Waals surface area contributed by atoms with E-state index in [0.29, 0.717) is 6.54 Å². The van der Waals surface area contributed by atoms with Crippen LogP contribution >= 0.6 is 0 Å². The van der Waals surface area contributed by atoms with Gasteiger partial charge in [0, 0.05) is 19.6 Å². The number of likely N-dealkylation sites (tertiary alicyclic amines) is 1. The summed E-state index contributed by atoms with van der Waals surface area (Å²) in [6.07, 6.45) is 1.71. The van der Waals surface area contributed by atoms with Gasteiger partial charge in [-0.1, -0.05) is 0 Å². The van der Waals surface area contributed by atoms with Crippen LogP contribution < -0.4 is 5.32 Å². The fourth-order valence-electron chi connectivity index (χ4n) is 2.32. The maximum Gasteiger partial charge on any atom is 0.326 e. The van der Waals surface area contributed by atoms with E-state index in [9.17, 15) is 14.4 Å². The molecule has 2 N–H and O–H groups in total. The second-order valence-electron chi connectivity index (χ2n) is 5.28. The number of hydrogen-bond donors (Lipinski definition) is 2. The molecular weight excluding hydrogens is 278 g/mol. The second-order valence-corrected chi connectivity index (χ2v) is 5.28. The molecule has 120 valence electrons. The number of likely N-dealkylation sites (N-methyl/N-ethyl adjacent to an activating group) is 2.